The van der Waals surface area contributed by atoms with E-state index in [1.54, 1.807) is 19.1 Å². The molecular formula is C18H13ClFN4O2+. The summed E-state index contributed by atoms with van der Waals surface area (Å²) in [5, 5.41) is 8.15. The lowest BCUT2D eigenvalue weighted by Gasteiger charge is -2.09. The number of benzene rings is 1. The van der Waals surface area contributed by atoms with Crippen molar-refractivity contribution < 1.29 is 18.5 Å². The van der Waals surface area contributed by atoms with Gasteiger partial charge >= 0.3 is 0 Å². The van der Waals surface area contributed by atoms with E-state index in [1.807, 2.05) is 0 Å². The molecule has 0 amide bonds. The lowest BCUT2D eigenvalue weighted by Crippen LogP contribution is -2.09. The average Bonchev–Trinajstić information content (AvgIpc) is 3.00. The summed E-state index contributed by atoms with van der Waals surface area (Å²) < 4.78 is 19.8. The molecule has 0 aliphatic heterocycles. The molecule has 0 aliphatic carbocycles. The van der Waals surface area contributed by atoms with Gasteiger partial charge in [0.15, 0.2) is 18.1 Å². The predicted molar refractivity (Wildman–Crippen MR) is 92.8 cm³/mol. The van der Waals surface area contributed by atoms with E-state index < -0.39 is 11.7 Å². The van der Waals surface area contributed by atoms with Crippen molar-refractivity contribution in [3.05, 3.63) is 70.1 Å². The summed E-state index contributed by atoms with van der Waals surface area (Å²) >= 11 is 5.85. The van der Waals surface area contributed by atoms with Crippen LogP contribution in [0.5, 0.6) is 0 Å². The number of halogens is 2. The van der Waals surface area contributed by atoms with Crippen molar-refractivity contribution >= 4 is 24.1 Å². The number of hydrogen-bond donors (Lipinski definition) is 0. The Morgan fingerprint density at radius 1 is 1.35 bits per heavy atom. The Morgan fingerprint density at radius 2 is 2.08 bits per heavy atom. The summed E-state index contributed by atoms with van der Waals surface area (Å²) in [6, 6.07) is 7.72. The zero-order chi connectivity index (χ0) is 18.7. The number of ketones is 1. The number of carbonyl (C=O) groups excluding carboxylic acids is 1. The maximum absolute atomic E-state index is 14.5. The van der Waals surface area contributed by atoms with Gasteiger partial charge in [-0.2, -0.15) is 4.39 Å². The molecule has 0 N–H and O–H groups in total. The Hall–Kier alpha value is -3.15. The Kier molecular flexibility index (Phi) is 5.02. The number of rotatable bonds is 5. The van der Waals surface area contributed by atoms with Gasteiger partial charge in [-0.05, 0) is 37.3 Å². The smallest absolute Gasteiger partial charge is 0.295 e. The second kappa shape index (κ2) is 7.39. The third-order valence-electron chi connectivity index (χ3n) is 3.76. The standard InChI is InChI=1S/C18H13ClFN4O2/c1-10-15(14(26-24-10)9-23-21-2)13-7-8-22-18(20)16(13)17(25)11-3-5-12(19)6-4-11/h3-8H,2,9H2,1H3/q+1. The van der Waals surface area contributed by atoms with Crippen LogP contribution in [0.3, 0.4) is 0 Å². The van der Waals surface area contributed by atoms with Crippen LogP contribution in [0, 0.1) is 12.9 Å². The lowest BCUT2D eigenvalue weighted by molar-refractivity contribution is -0.0811. The molecule has 0 spiro atoms. The zero-order valence-corrected chi connectivity index (χ0v) is 14.5. The average molecular weight is 372 g/mol. The van der Waals surface area contributed by atoms with E-state index in [0.717, 1.165) is 0 Å². The predicted octanol–water partition coefficient (Wildman–Crippen LogP) is 3.93. The first-order chi connectivity index (χ1) is 12.5. The van der Waals surface area contributed by atoms with E-state index in [1.165, 1.54) is 24.4 Å². The molecule has 0 unspecified atom stereocenters. The minimum Gasteiger partial charge on any atom is -0.358 e. The molecule has 8 heteroatoms. The van der Waals surface area contributed by atoms with Crippen molar-refractivity contribution in [1.29, 1.82) is 0 Å². The number of aromatic nitrogens is 2. The van der Waals surface area contributed by atoms with Gasteiger partial charge in [-0.25, -0.2) is 4.98 Å². The van der Waals surface area contributed by atoms with E-state index in [9.17, 15) is 9.18 Å². The first-order valence-electron chi connectivity index (χ1n) is 7.55. The Balaban J connectivity index is 2.18. The summed E-state index contributed by atoms with van der Waals surface area (Å²) in [4.78, 5) is 20.0. The molecule has 0 bridgehead atoms. The second-order valence-corrected chi connectivity index (χ2v) is 5.80. The molecule has 0 atom stereocenters. The summed E-state index contributed by atoms with van der Waals surface area (Å²) in [5.41, 5.74) is 1.42. The van der Waals surface area contributed by atoms with Crippen molar-refractivity contribution in [1.82, 2.24) is 10.1 Å². The van der Waals surface area contributed by atoms with Crippen molar-refractivity contribution in [3.63, 3.8) is 0 Å². The number of carbonyl (C=O) groups is 1. The van der Waals surface area contributed by atoms with Gasteiger partial charge in [0.05, 0.1) is 21.9 Å². The molecule has 2 aromatic heterocycles. The Bertz CT molecular complexity index is 1020. The summed E-state index contributed by atoms with van der Waals surface area (Å²) in [6.45, 7) is 5.04. The molecule has 1 aromatic carbocycles. The zero-order valence-electron chi connectivity index (χ0n) is 13.7. The van der Waals surface area contributed by atoms with Crippen molar-refractivity contribution in [2.24, 2.45) is 5.11 Å². The van der Waals surface area contributed by atoms with E-state index in [0.29, 0.717) is 27.6 Å². The van der Waals surface area contributed by atoms with E-state index >= 15 is 0 Å². The fourth-order valence-electron chi connectivity index (χ4n) is 2.59. The highest BCUT2D eigenvalue weighted by atomic mass is 35.5. The van der Waals surface area contributed by atoms with E-state index in [-0.39, 0.29) is 17.7 Å². The third-order valence-corrected chi connectivity index (χ3v) is 4.01. The minimum absolute atomic E-state index is 0.0676. The maximum atomic E-state index is 14.5. The minimum atomic E-state index is -0.882. The number of nitrogens with zero attached hydrogens (tertiary/aromatic N) is 4. The first-order valence-corrected chi connectivity index (χ1v) is 7.93. The van der Waals surface area contributed by atoms with Crippen molar-refractivity contribution in [3.8, 4) is 11.1 Å². The van der Waals surface area contributed by atoms with Crippen LogP contribution in [0.4, 0.5) is 4.39 Å². The van der Waals surface area contributed by atoms with Gasteiger partial charge in [0.25, 0.3) is 6.72 Å². The quantitative estimate of drug-likeness (QED) is 0.224. The van der Waals surface area contributed by atoms with Crippen LogP contribution in [-0.4, -0.2) is 27.4 Å². The van der Waals surface area contributed by atoms with Crippen LogP contribution in [0.15, 0.2) is 46.2 Å². The number of aryl methyl sites for hydroxylation is 1. The molecule has 0 saturated heterocycles. The highest BCUT2D eigenvalue weighted by Gasteiger charge is 2.25. The van der Waals surface area contributed by atoms with E-state index in [4.69, 9.17) is 16.1 Å². The molecule has 0 aliphatic rings. The van der Waals surface area contributed by atoms with Gasteiger partial charge in [-0.15, -0.1) is 0 Å². The van der Waals surface area contributed by atoms with Crippen LogP contribution in [0.25, 0.3) is 11.1 Å². The number of pyridine rings is 1. The van der Waals surface area contributed by atoms with Crippen LogP contribution in [0.1, 0.15) is 27.4 Å². The molecule has 3 aromatic rings. The molecule has 0 saturated carbocycles. The Morgan fingerprint density at radius 3 is 2.77 bits per heavy atom. The normalized spacial score (nSPS) is 10.4. The molecule has 6 nitrogen and oxygen atoms in total. The molecular weight excluding hydrogens is 359 g/mol. The van der Waals surface area contributed by atoms with Gasteiger partial charge < -0.3 is 4.52 Å². The topological polar surface area (TPSA) is 82.4 Å². The summed E-state index contributed by atoms with van der Waals surface area (Å²) in [5.74, 6) is -1.05. The van der Waals surface area contributed by atoms with Gasteiger partial charge in [0.1, 0.15) is 0 Å². The van der Waals surface area contributed by atoms with Crippen LogP contribution in [-0.2, 0) is 6.54 Å². The monoisotopic (exact) mass is 371 g/mol. The van der Waals surface area contributed by atoms with Crippen LogP contribution >= 0.6 is 11.6 Å². The van der Waals surface area contributed by atoms with Crippen molar-refractivity contribution in [2.75, 3.05) is 0 Å². The maximum Gasteiger partial charge on any atom is 0.295 e. The van der Waals surface area contributed by atoms with Gasteiger partial charge in [-0.3, -0.25) is 4.79 Å². The van der Waals surface area contributed by atoms with E-state index in [2.05, 4.69) is 26.8 Å². The SMILES string of the molecule is C=[N+]=NCc1onc(C)c1-c1ccnc(F)c1C(=O)c1ccc(Cl)cc1. The highest BCUT2D eigenvalue weighted by molar-refractivity contribution is 6.30. The summed E-state index contributed by atoms with van der Waals surface area (Å²) in [7, 11) is 0. The molecule has 0 fully saturated rings. The molecule has 26 heavy (non-hydrogen) atoms. The molecule has 0 radical (unpaired) electrons. The van der Waals surface area contributed by atoms with Gasteiger partial charge in [0, 0.05) is 27.1 Å². The first kappa shape index (κ1) is 17.7. The van der Waals surface area contributed by atoms with Gasteiger partial charge in [-0.1, -0.05) is 16.8 Å². The fourth-order valence-corrected chi connectivity index (χ4v) is 2.72. The third kappa shape index (κ3) is 3.31. The molecule has 2 heterocycles. The van der Waals surface area contributed by atoms with Crippen LogP contribution in [0.2, 0.25) is 5.02 Å². The molecule has 3 rings (SSSR count). The number of hydrogen-bond acceptors (Lipinski definition) is 5. The molecule has 130 valence electrons. The van der Waals surface area contributed by atoms with Crippen LogP contribution < -0.4 is 0 Å². The largest absolute Gasteiger partial charge is 0.358 e. The van der Waals surface area contributed by atoms with Crippen molar-refractivity contribution in [2.45, 2.75) is 13.5 Å². The lowest BCUT2D eigenvalue weighted by atomic mass is 9.94. The fraction of sp³-hybridized carbons (Fsp3) is 0.111. The summed E-state index contributed by atoms with van der Waals surface area (Å²) in [6.07, 6.45) is 1.28. The van der Waals surface area contributed by atoms with Gasteiger partial charge in [0.2, 0.25) is 5.95 Å². The second-order valence-electron chi connectivity index (χ2n) is 5.37. The highest BCUT2D eigenvalue weighted by Crippen LogP contribution is 2.32. The Labute approximate surface area is 153 Å².